The average molecular weight is 453 g/mol. The summed E-state index contributed by atoms with van der Waals surface area (Å²) in [7, 11) is 4.62. The van der Waals surface area contributed by atoms with Gasteiger partial charge in [0.05, 0.1) is 40.1 Å². The molecule has 0 saturated carbocycles. The summed E-state index contributed by atoms with van der Waals surface area (Å²) in [4.78, 5) is 30.9. The van der Waals surface area contributed by atoms with Crippen LogP contribution in [0.5, 0.6) is 17.2 Å². The molecule has 2 aromatic carbocycles. The third-order valence-corrected chi connectivity index (χ3v) is 5.80. The Hall–Kier alpha value is -3.72. The van der Waals surface area contributed by atoms with Crippen LogP contribution in [0.4, 0.5) is 5.69 Å². The van der Waals surface area contributed by atoms with Gasteiger partial charge < -0.3 is 34.1 Å². The van der Waals surface area contributed by atoms with Crippen molar-refractivity contribution in [3.05, 3.63) is 47.2 Å². The van der Waals surface area contributed by atoms with Crippen LogP contribution in [0.1, 0.15) is 26.4 Å². The summed E-state index contributed by atoms with van der Waals surface area (Å²) < 4.78 is 21.7. The number of aromatic nitrogens is 1. The van der Waals surface area contributed by atoms with Crippen molar-refractivity contribution in [3.8, 4) is 17.2 Å². The monoisotopic (exact) mass is 453 g/mol. The van der Waals surface area contributed by atoms with E-state index in [0.717, 1.165) is 0 Å². The van der Waals surface area contributed by atoms with Crippen LogP contribution in [0.15, 0.2) is 30.3 Å². The molecule has 0 atom stereocenters. The molecule has 0 radical (unpaired) electrons. The number of fused-ring (bicyclic) bond motifs is 1. The minimum absolute atomic E-state index is 0.0703. The molecule has 9 nitrogen and oxygen atoms in total. The van der Waals surface area contributed by atoms with Crippen LogP contribution >= 0.6 is 0 Å². The van der Waals surface area contributed by atoms with Crippen molar-refractivity contribution in [1.29, 1.82) is 0 Å². The van der Waals surface area contributed by atoms with E-state index in [2.05, 4.69) is 10.3 Å². The van der Waals surface area contributed by atoms with Crippen molar-refractivity contribution < 1.29 is 28.5 Å². The second-order valence-electron chi connectivity index (χ2n) is 7.62. The lowest BCUT2D eigenvalue weighted by molar-refractivity contribution is 0.0302. The first-order chi connectivity index (χ1) is 16.0. The summed E-state index contributed by atoms with van der Waals surface area (Å²) in [6.07, 6.45) is 0. The van der Waals surface area contributed by atoms with Crippen LogP contribution < -0.4 is 19.5 Å². The maximum Gasteiger partial charge on any atom is 0.272 e. The molecule has 0 spiro atoms. The number of hydrogen-bond donors (Lipinski definition) is 2. The van der Waals surface area contributed by atoms with Gasteiger partial charge >= 0.3 is 0 Å². The first kappa shape index (κ1) is 22.5. The summed E-state index contributed by atoms with van der Waals surface area (Å²) in [5.41, 5.74) is 2.73. The van der Waals surface area contributed by atoms with Gasteiger partial charge in [-0.25, -0.2) is 0 Å². The van der Waals surface area contributed by atoms with Crippen molar-refractivity contribution in [3.63, 3.8) is 0 Å². The van der Waals surface area contributed by atoms with E-state index in [1.807, 2.05) is 6.92 Å². The highest BCUT2D eigenvalue weighted by atomic mass is 16.5. The number of ether oxygens (including phenoxy) is 4. The highest BCUT2D eigenvalue weighted by Gasteiger charge is 2.23. The molecular formula is C24H27N3O6. The molecule has 1 aliphatic rings. The van der Waals surface area contributed by atoms with Crippen molar-refractivity contribution in [2.75, 3.05) is 52.9 Å². The van der Waals surface area contributed by atoms with E-state index in [1.165, 1.54) is 14.2 Å². The van der Waals surface area contributed by atoms with Crippen molar-refractivity contribution >= 4 is 28.4 Å². The van der Waals surface area contributed by atoms with Gasteiger partial charge in [0, 0.05) is 35.8 Å². The van der Waals surface area contributed by atoms with E-state index in [-0.39, 0.29) is 11.8 Å². The van der Waals surface area contributed by atoms with Gasteiger partial charge in [-0.05, 0) is 30.7 Å². The Morgan fingerprint density at radius 3 is 2.42 bits per heavy atom. The zero-order valence-electron chi connectivity index (χ0n) is 19.1. The normalized spacial score (nSPS) is 13.6. The lowest BCUT2D eigenvalue weighted by Gasteiger charge is -2.27. The molecule has 3 aromatic rings. The van der Waals surface area contributed by atoms with E-state index in [0.29, 0.717) is 77.0 Å². The Labute approximate surface area is 191 Å². The predicted octanol–water partition coefficient (Wildman–Crippen LogP) is 3.23. The molecule has 1 aliphatic heterocycles. The van der Waals surface area contributed by atoms with Gasteiger partial charge in [0.1, 0.15) is 11.4 Å². The minimum Gasteiger partial charge on any atom is -0.496 e. The number of nitrogens with zero attached hydrogens (tertiary/aromatic N) is 1. The fourth-order valence-corrected chi connectivity index (χ4v) is 3.99. The number of nitrogens with one attached hydrogen (secondary N) is 2. The van der Waals surface area contributed by atoms with Gasteiger partial charge in [-0.3, -0.25) is 9.59 Å². The molecule has 2 amide bonds. The smallest absolute Gasteiger partial charge is 0.272 e. The standard InChI is InChI=1S/C24H27N3O6/c1-14-15(24(29)27-8-10-33-11-9-27)6-5-7-17(14)26-23(28)18-12-16-19(30-2)13-20(31-3)22(32-4)21(16)25-18/h5-7,12-13,25H,8-11H2,1-4H3,(H,26,28). The van der Waals surface area contributed by atoms with E-state index in [4.69, 9.17) is 18.9 Å². The number of rotatable bonds is 6. The summed E-state index contributed by atoms with van der Waals surface area (Å²) in [6, 6.07) is 8.72. The van der Waals surface area contributed by atoms with Gasteiger partial charge in [-0.1, -0.05) is 6.07 Å². The molecule has 33 heavy (non-hydrogen) atoms. The molecule has 2 heterocycles. The average Bonchev–Trinajstić information content (AvgIpc) is 3.30. The number of amides is 2. The molecule has 4 rings (SSSR count). The quantitative estimate of drug-likeness (QED) is 0.594. The molecule has 0 aliphatic carbocycles. The number of anilines is 1. The molecule has 174 valence electrons. The number of H-pyrrole nitrogens is 1. The number of benzene rings is 2. The van der Waals surface area contributed by atoms with E-state index in [1.54, 1.807) is 42.3 Å². The second-order valence-corrected chi connectivity index (χ2v) is 7.62. The lowest BCUT2D eigenvalue weighted by atomic mass is 10.0. The van der Waals surface area contributed by atoms with Crippen LogP contribution in [0.2, 0.25) is 0 Å². The Bertz CT molecular complexity index is 1200. The van der Waals surface area contributed by atoms with Crippen LogP contribution in [0.25, 0.3) is 10.9 Å². The number of carbonyl (C=O) groups is 2. The van der Waals surface area contributed by atoms with E-state index < -0.39 is 0 Å². The highest BCUT2D eigenvalue weighted by Crippen LogP contribution is 2.41. The predicted molar refractivity (Wildman–Crippen MR) is 124 cm³/mol. The van der Waals surface area contributed by atoms with Gasteiger partial charge in [0.15, 0.2) is 11.5 Å². The summed E-state index contributed by atoms with van der Waals surface area (Å²) in [5.74, 6) is 1.09. The third-order valence-electron chi connectivity index (χ3n) is 5.80. The van der Waals surface area contributed by atoms with Gasteiger partial charge in [-0.15, -0.1) is 0 Å². The molecule has 1 aromatic heterocycles. The zero-order valence-corrected chi connectivity index (χ0v) is 19.1. The number of carbonyl (C=O) groups excluding carboxylic acids is 2. The second kappa shape index (κ2) is 9.41. The first-order valence-electron chi connectivity index (χ1n) is 10.6. The van der Waals surface area contributed by atoms with Crippen molar-refractivity contribution in [2.45, 2.75) is 6.92 Å². The molecule has 1 saturated heterocycles. The molecule has 9 heteroatoms. The van der Waals surface area contributed by atoms with E-state index >= 15 is 0 Å². The molecule has 0 bridgehead atoms. The van der Waals surface area contributed by atoms with Crippen LogP contribution in [-0.2, 0) is 4.74 Å². The van der Waals surface area contributed by atoms with Crippen LogP contribution in [-0.4, -0.2) is 69.3 Å². The van der Waals surface area contributed by atoms with E-state index in [9.17, 15) is 9.59 Å². The maximum atomic E-state index is 13.1. The van der Waals surface area contributed by atoms with Crippen molar-refractivity contribution in [1.82, 2.24) is 9.88 Å². The van der Waals surface area contributed by atoms with Crippen LogP contribution in [0, 0.1) is 6.92 Å². The minimum atomic E-state index is -0.353. The number of hydrogen-bond acceptors (Lipinski definition) is 6. The third kappa shape index (κ3) is 4.19. The Kier molecular flexibility index (Phi) is 6.41. The van der Waals surface area contributed by atoms with Gasteiger partial charge in [0.25, 0.3) is 11.8 Å². The lowest BCUT2D eigenvalue weighted by Crippen LogP contribution is -2.41. The fraction of sp³-hybridized carbons (Fsp3) is 0.333. The number of morpholine rings is 1. The Morgan fingerprint density at radius 2 is 1.76 bits per heavy atom. The number of methoxy groups -OCH3 is 3. The maximum absolute atomic E-state index is 13.1. The molecular weight excluding hydrogens is 426 g/mol. The van der Waals surface area contributed by atoms with Crippen LogP contribution in [0.3, 0.4) is 0 Å². The summed E-state index contributed by atoms with van der Waals surface area (Å²) in [6.45, 7) is 3.98. The fourth-order valence-electron chi connectivity index (χ4n) is 3.99. The summed E-state index contributed by atoms with van der Waals surface area (Å²) in [5, 5.41) is 3.60. The van der Waals surface area contributed by atoms with Crippen molar-refractivity contribution in [2.24, 2.45) is 0 Å². The summed E-state index contributed by atoms with van der Waals surface area (Å²) >= 11 is 0. The van der Waals surface area contributed by atoms with Gasteiger partial charge in [-0.2, -0.15) is 0 Å². The molecule has 0 unspecified atom stereocenters. The SMILES string of the molecule is COc1cc(OC)c2cc(C(=O)Nc3cccc(C(=O)N4CCOCC4)c3C)[nH]c2c1OC. The topological polar surface area (TPSA) is 102 Å². The molecule has 2 N–H and O–H groups in total. The van der Waals surface area contributed by atoms with Gasteiger partial charge in [0.2, 0.25) is 0 Å². The highest BCUT2D eigenvalue weighted by molar-refractivity contribution is 6.09. The molecule has 1 fully saturated rings. The Morgan fingerprint density at radius 1 is 1.03 bits per heavy atom. The largest absolute Gasteiger partial charge is 0.496 e. The number of aromatic amines is 1. The first-order valence-corrected chi connectivity index (χ1v) is 10.6. The Balaban J connectivity index is 1.64. The zero-order chi connectivity index (χ0) is 23.5.